The molecule has 0 saturated carbocycles. The second-order valence-corrected chi connectivity index (χ2v) is 4.56. The van der Waals surface area contributed by atoms with Crippen molar-refractivity contribution < 1.29 is 9.53 Å². The van der Waals surface area contributed by atoms with Crippen LogP contribution in [0.4, 0.5) is 5.82 Å². The Morgan fingerprint density at radius 2 is 2.16 bits per heavy atom. The predicted octanol–water partition coefficient (Wildman–Crippen LogP) is 2.50. The quantitative estimate of drug-likeness (QED) is 0.895. The van der Waals surface area contributed by atoms with Gasteiger partial charge in [0.15, 0.2) is 0 Å². The Bertz CT molecular complexity index is 625. The zero-order chi connectivity index (χ0) is 13.2. The van der Waals surface area contributed by atoms with Gasteiger partial charge in [0.1, 0.15) is 24.1 Å². The van der Waals surface area contributed by atoms with Crippen molar-refractivity contribution in [3.05, 3.63) is 53.7 Å². The van der Waals surface area contributed by atoms with Gasteiger partial charge in [-0.2, -0.15) is 0 Å². The van der Waals surface area contributed by atoms with Gasteiger partial charge in [-0.05, 0) is 24.6 Å². The largest absolute Gasteiger partial charge is 0.492 e. The first-order chi connectivity index (χ1) is 9.25. The van der Waals surface area contributed by atoms with Gasteiger partial charge in [-0.1, -0.05) is 24.3 Å². The average molecular weight is 254 g/mol. The smallest absolute Gasteiger partial charge is 0.236 e. The van der Waals surface area contributed by atoms with Crippen molar-refractivity contribution in [2.75, 3.05) is 11.9 Å². The molecule has 19 heavy (non-hydrogen) atoms. The molecule has 4 heteroatoms. The van der Waals surface area contributed by atoms with Crippen LogP contribution in [-0.4, -0.2) is 17.5 Å². The molecule has 0 spiro atoms. The number of para-hydroxylation sites is 1. The molecule has 0 bridgehead atoms. The van der Waals surface area contributed by atoms with Crippen LogP contribution in [0.1, 0.15) is 17.0 Å². The van der Waals surface area contributed by atoms with Crippen molar-refractivity contribution in [3.63, 3.8) is 0 Å². The molecular weight excluding hydrogens is 240 g/mol. The third kappa shape index (κ3) is 2.17. The molecule has 1 aliphatic rings. The van der Waals surface area contributed by atoms with E-state index in [1.807, 2.05) is 43.3 Å². The highest BCUT2D eigenvalue weighted by molar-refractivity contribution is 5.96. The topological polar surface area (TPSA) is 51.2 Å². The molecule has 3 rings (SSSR count). The van der Waals surface area contributed by atoms with E-state index >= 15 is 0 Å². The van der Waals surface area contributed by atoms with Gasteiger partial charge in [-0.25, -0.2) is 4.98 Å². The second-order valence-electron chi connectivity index (χ2n) is 4.56. The minimum Gasteiger partial charge on any atom is -0.492 e. The number of nitrogens with zero attached hydrogens (tertiary/aromatic N) is 1. The summed E-state index contributed by atoms with van der Waals surface area (Å²) in [4.78, 5) is 16.5. The number of amides is 1. The number of carbonyl (C=O) groups excluding carboxylic acids is 1. The van der Waals surface area contributed by atoms with Crippen LogP contribution in [0.25, 0.3) is 0 Å². The van der Waals surface area contributed by atoms with E-state index in [2.05, 4.69) is 10.3 Å². The Labute approximate surface area is 111 Å². The number of hydrogen-bond donors (Lipinski definition) is 1. The maximum atomic E-state index is 12.3. The third-order valence-electron chi connectivity index (χ3n) is 3.27. The summed E-state index contributed by atoms with van der Waals surface area (Å²) < 4.78 is 5.52. The number of carbonyl (C=O) groups is 1. The molecule has 4 nitrogen and oxygen atoms in total. The van der Waals surface area contributed by atoms with Crippen LogP contribution in [-0.2, 0) is 4.79 Å². The fourth-order valence-corrected chi connectivity index (χ4v) is 2.20. The van der Waals surface area contributed by atoms with Crippen LogP contribution in [0.15, 0.2) is 42.6 Å². The summed E-state index contributed by atoms with van der Waals surface area (Å²) in [5.74, 6) is 1.06. The Balaban J connectivity index is 1.81. The number of fused-ring (bicyclic) bond motifs is 1. The molecule has 1 aromatic heterocycles. The Morgan fingerprint density at radius 3 is 3.00 bits per heavy atom. The first-order valence-electron chi connectivity index (χ1n) is 6.20. The van der Waals surface area contributed by atoms with E-state index in [-0.39, 0.29) is 11.8 Å². The molecule has 1 atom stereocenters. The molecule has 2 aromatic rings. The van der Waals surface area contributed by atoms with Gasteiger partial charge in [-0.15, -0.1) is 0 Å². The highest BCUT2D eigenvalue weighted by Crippen LogP contribution is 2.34. The van der Waals surface area contributed by atoms with Crippen molar-refractivity contribution in [2.24, 2.45) is 0 Å². The van der Waals surface area contributed by atoms with Crippen LogP contribution >= 0.6 is 0 Å². The minimum atomic E-state index is -0.266. The van der Waals surface area contributed by atoms with E-state index in [0.717, 1.165) is 16.9 Å². The van der Waals surface area contributed by atoms with Gasteiger partial charge in [0, 0.05) is 11.8 Å². The van der Waals surface area contributed by atoms with Crippen molar-refractivity contribution >= 4 is 11.7 Å². The fourth-order valence-electron chi connectivity index (χ4n) is 2.20. The normalized spacial score (nSPS) is 16.6. The van der Waals surface area contributed by atoms with Crippen LogP contribution in [0.3, 0.4) is 0 Å². The van der Waals surface area contributed by atoms with Gasteiger partial charge in [-0.3, -0.25) is 4.79 Å². The first-order valence-corrected chi connectivity index (χ1v) is 6.20. The second kappa shape index (κ2) is 4.72. The van der Waals surface area contributed by atoms with E-state index < -0.39 is 0 Å². The van der Waals surface area contributed by atoms with Crippen molar-refractivity contribution in [3.8, 4) is 5.75 Å². The number of benzene rings is 1. The van der Waals surface area contributed by atoms with E-state index in [4.69, 9.17) is 4.74 Å². The number of hydrogen-bond acceptors (Lipinski definition) is 3. The molecular formula is C15H14N2O2. The number of aromatic nitrogens is 1. The number of rotatable bonds is 2. The fraction of sp³-hybridized carbons (Fsp3) is 0.200. The van der Waals surface area contributed by atoms with E-state index in [9.17, 15) is 4.79 Å². The SMILES string of the molecule is Cc1cccnc1NC(=O)C1COc2ccccc21. The zero-order valence-electron chi connectivity index (χ0n) is 10.6. The highest BCUT2D eigenvalue weighted by Gasteiger charge is 2.30. The summed E-state index contributed by atoms with van der Waals surface area (Å²) >= 11 is 0. The highest BCUT2D eigenvalue weighted by atomic mass is 16.5. The third-order valence-corrected chi connectivity index (χ3v) is 3.27. The van der Waals surface area contributed by atoms with Gasteiger partial charge in [0.2, 0.25) is 5.91 Å². The van der Waals surface area contributed by atoms with E-state index in [1.165, 1.54) is 0 Å². The number of ether oxygens (including phenoxy) is 1. The maximum Gasteiger partial charge on any atom is 0.236 e. The molecule has 1 aliphatic heterocycles. The van der Waals surface area contributed by atoms with Gasteiger partial charge in [0.25, 0.3) is 0 Å². The van der Waals surface area contributed by atoms with Crippen molar-refractivity contribution in [1.29, 1.82) is 0 Å². The minimum absolute atomic E-state index is 0.0771. The van der Waals surface area contributed by atoms with Crippen molar-refractivity contribution in [1.82, 2.24) is 4.98 Å². The van der Waals surface area contributed by atoms with Gasteiger partial charge >= 0.3 is 0 Å². The number of anilines is 1. The number of aryl methyl sites for hydroxylation is 1. The summed E-state index contributed by atoms with van der Waals surface area (Å²) in [6.07, 6.45) is 1.67. The van der Waals surface area contributed by atoms with Crippen LogP contribution in [0, 0.1) is 6.92 Å². The van der Waals surface area contributed by atoms with Crippen LogP contribution in [0.2, 0.25) is 0 Å². The van der Waals surface area contributed by atoms with Gasteiger partial charge < -0.3 is 10.1 Å². The van der Waals surface area contributed by atoms with E-state index in [0.29, 0.717) is 12.4 Å². The lowest BCUT2D eigenvalue weighted by Gasteiger charge is -2.11. The number of pyridine rings is 1. The van der Waals surface area contributed by atoms with E-state index in [1.54, 1.807) is 6.20 Å². The van der Waals surface area contributed by atoms with Crippen LogP contribution < -0.4 is 10.1 Å². The van der Waals surface area contributed by atoms with Crippen LogP contribution in [0.5, 0.6) is 5.75 Å². The molecule has 1 N–H and O–H groups in total. The lowest BCUT2D eigenvalue weighted by Crippen LogP contribution is -2.23. The molecule has 2 heterocycles. The standard InChI is InChI=1S/C15H14N2O2/c1-10-5-4-8-16-14(10)17-15(18)12-9-19-13-7-3-2-6-11(12)13/h2-8,12H,9H2,1H3,(H,16,17,18). The summed E-state index contributed by atoms with van der Waals surface area (Å²) in [6, 6.07) is 11.4. The molecule has 96 valence electrons. The number of nitrogens with one attached hydrogen (secondary N) is 1. The first kappa shape index (κ1) is 11.7. The molecule has 1 amide bonds. The Morgan fingerprint density at radius 1 is 1.32 bits per heavy atom. The molecule has 0 saturated heterocycles. The van der Waals surface area contributed by atoms with Gasteiger partial charge in [0.05, 0.1) is 0 Å². The molecule has 0 fully saturated rings. The molecule has 1 aromatic carbocycles. The molecule has 1 unspecified atom stereocenters. The summed E-state index contributed by atoms with van der Waals surface area (Å²) in [5.41, 5.74) is 1.89. The summed E-state index contributed by atoms with van der Waals surface area (Å²) in [7, 11) is 0. The lowest BCUT2D eigenvalue weighted by molar-refractivity contribution is -0.117. The molecule has 0 radical (unpaired) electrons. The Hall–Kier alpha value is -2.36. The zero-order valence-corrected chi connectivity index (χ0v) is 10.6. The predicted molar refractivity (Wildman–Crippen MR) is 72.3 cm³/mol. The summed E-state index contributed by atoms with van der Waals surface area (Å²) in [5, 5.41) is 2.86. The monoisotopic (exact) mass is 254 g/mol. The molecule has 0 aliphatic carbocycles. The maximum absolute atomic E-state index is 12.3. The summed E-state index contributed by atoms with van der Waals surface area (Å²) in [6.45, 7) is 2.30. The van der Waals surface area contributed by atoms with Crippen molar-refractivity contribution in [2.45, 2.75) is 12.8 Å². The lowest BCUT2D eigenvalue weighted by atomic mass is 10.0. The average Bonchev–Trinajstić information content (AvgIpc) is 2.85. The Kier molecular flexibility index (Phi) is 2.91.